The highest BCUT2D eigenvalue weighted by atomic mass is 35.5. The van der Waals surface area contributed by atoms with E-state index in [1.807, 2.05) is 39.0 Å². The molecule has 5 heteroatoms. The molecule has 4 nitrogen and oxygen atoms in total. The Morgan fingerprint density at radius 1 is 1.30 bits per heavy atom. The number of halogens is 1. The summed E-state index contributed by atoms with van der Waals surface area (Å²) in [7, 11) is 0. The summed E-state index contributed by atoms with van der Waals surface area (Å²) >= 11 is 6.26. The number of benzene rings is 1. The van der Waals surface area contributed by atoms with Gasteiger partial charge in [0.2, 0.25) is 0 Å². The van der Waals surface area contributed by atoms with Crippen LogP contribution in [-0.2, 0) is 11.3 Å². The maximum Gasteiger partial charge on any atom is 0.147 e. The number of rotatable bonds is 7. The first-order valence-electron chi connectivity index (χ1n) is 7.02. The molecule has 1 unspecified atom stereocenters. The van der Waals surface area contributed by atoms with Crippen molar-refractivity contribution < 1.29 is 9.47 Å². The maximum absolute atomic E-state index is 6.26. The molecule has 0 spiro atoms. The van der Waals surface area contributed by atoms with E-state index in [1.54, 1.807) is 0 Å². The predicted molar refractivity (Wildman–Crippen MR) is 81.7 cm³/mol. The fraction of sp³-hybridized carbons (Fsp3) is 0.533. The molecule has 0 fully saturated rings. The van der Waals surface area contributed by atoms with Gasteiger partial charge in [-0.2, -0.15) is 0 Å². The van der Waals surface area contributed by atoms with Crippen molar-refractivity contribution >= 4 is 22.6 Å². The van der Waals surface area contributed by atoms with Crippen LogP contribution in [-0.4, -0.2) is 29.4 Å². The molecule has 1 aromatic carbocycles. The zero-order valence-electron chi connectivity index (χ0n) is 12.2. The highest BCUT2D eigenvalue weighted by Crippen LogP contribution is 2.30. The summed E-state index contributed by atoms with van der Waals surface area (Å²) in [6.07, 6.45) is 0. The molecule has 0 aliphatic heterocycles. The second-order valence-corrected chi connectivity index (χ2v) is 5.15. The minimum atomic E-state index is -0.154. The first-order valence-corrected chi connectivity index (χ1v) is 7.46. The smallest absolute Gasteiger partial charge is 0.147 e. The number of alkyl halides is 1. The molecule has 0 N–H and O–H groups in total. The van der Waals surface area contributed by atoms with Crippen LogP contribution in [0.2, 0.25) is 0 Å². The topological polar surface area (TPSA) is 36.3 Å². The van der Waals surface area contributed by atoms with Gasteiger partial charge in [0.05, 0.1) is 24.1 Å². The lowest BCUT2D eigenvalue weighted by Gasteiger charge is -2.10. The Morgan fingerprint density at radius 3 is 2.75 bits per heavy atom. The van der Waals surface area contributed by atoms with Crippen LogP contribution in [0.5, 0.6) is 5.75 Å². The summed E-state index contributed by atoms with van der Waals surface area (Å²) in [5, 5.41) is -0.154. The van der Waals surface area contributed by atoms with Gasteiger partial charge in [-0.15, -0.1) is 11.6 Å². The summed E-state index contributed by atoms with van der Waals surface area (Å²) < 4.78 is 13.2. The average Bonchev–Trinajstić information content (AvgIpc) is 2.80. The second kappa shape index (κ2) is 6.95. The van der Waals surface area contributed by atoms with E-state index in [2.05, 4.69) is 9.55 Å². The number of fused-ring (bicyclic) bond motifs is 1. The van der Waals surface area contributed by atoms with Gasteiger partial charge >= 0.3 is 0 Å². The van der Waals surface area contributed by atoms with Crippen LogP contribution >= 0.6 is 11.6 Å². The maximum atomic E-state index is 6.26. The molecular formula is C15H21ClN2O2. The quantitative estimate of drug-likeness (QED) is 0.576. The highest BCUT2D eigenvalue weighted by molar-refractivity contribution is 6.20. The lowest BCUT2D eigenvalue weighted by atomic mass is 10.3. The van der Waals surface area contributed by atoms with Crippen molar-refractivity contribution in [3.05, 3.63) is 24.0 Å². The van der Waals surface area contributed by atoms with Gasteiger partial charge in [0.15, 0.2) is 0 Å². The normalized spacial score (nSPS) is 12.8. The van der Waals surface area contributed by atoms with E-state index in [0.29, 0.717) is 19.8 Å². The van der Waals surface area contributed by atoms with Crippen molar-refractivity contribution in [1.82, 2.24) is 9.55 Å². The fourth-order valence-corrected chi connectivity index (χ4v) is 2.42. The zero-order valence-corrected chi connectivity index (χ0v) is 13.0. The van der Waals surface area contributed by atoms with E-state index in [1.165, 1.54) is 0 Å². The number of aromatic nitrogens is 2. The largest absolute Gasteiger partial charge is 0.492 e. The minimum absolute atomic E-state index is 0.154. The van der Waals surface area contributed by atoms with Crippen molar-refractivity contribution in [2.75, 3.05) is 19.8 Å². The lowest BCUT2D eigenvalue weighted by Crippen LogP contribution is -2.09. The SMILES string of the molecule is CCOCCn1c(C(C)Cl)nc2c(OCC)cccc21. The van der Waals surface area contributed by atoms with E-state index in [0.717, 1.165) is 29.2 Å². The summed E-state index contributed by atoms with van der Waals surface area (Å²) in [6.45, 7) is 8.61. The van der Waals surface area contributed by atoms with Crippen molar-refractivity contribution in [3.8, 4) is 5.75 Å². The van der Waals surface area contributed by atoms with Crippen LogP contribution in [0.25, 0.3) is 11.0 Å². The van der Waals surface area contributed by atoms with Crippen LogP contribution in [0, 0.1) is 0 Å². The van der Waals surface area contributed by atoms with Crippen LogP contribution in [0.3, 0.4) is 0 Å². The third-order valence-corrected chi connectivity index (χ3v) is 3.29. The van der Waals surface area contributed by atoms with Crippen molar-refractivity contribution in [1.29, 1.82) is 0 Å². The number of hydrogen-bond donors (Lipinski definition) is 0. The Labute approximate surface area is 124 Å². The molecule has 1 aromatic heterocycles. The number of imidazole rings is 1. The fourth-order valence-electron chi connectivity index (χ4n) is 2.25. The Hall–Kier alpha value is -1.26. The van der Waals surface area contributed by atoms with Crippen molar-refractivity contribution in [2.24, 2.45) is 0 Å². The summed E-state index contributed by atoms with van der Waals surface area (Å²) in [4.78, 5) is 4.66. The molecule has 0 amide bonds. The van der Waals surface area contributed by atoms with Gasteiger partial charge in [0, 0.05) is 13.2 Å². The third kappa shape index (κ3) is 3.07. The van der Waals surface area contributed by atoms with Crippen LogP contribution in [0.1, 0.15) is 32.0 Å². The van der Waals surface area contributed by atoms with Gasteiger partial charge in [-0.1, -0.05) is 6.07 Å². The minimum Gasteiger partial charge on any atom is -0.492 e. The van der Waals surface area contributed by atoms with E-state index in [4.69, 9.17) is 21.1 Å². The van der Waals surface area contributed by atoms with Crippen molar-refractivity contribution in [2.45, 2.75) is 32.7 Å². The Morgan fingerprint density at radius 2 is 2.10 bits per heavy atom. The standard InChI is InChI=1S/C15H21ClN2O2/c1-4-19-10-9-18-12-7-6-8-13(20-5-2)14(12)17-15(18)11(3)16/h6-8,11H,4-5,9-10H2,1-3H3. The Bertz CT molecular complexity index is 566. The molecule has 0 bridgehead atoms. The third-order valence-electron chi connectivity index (χ3n) is 3.09. The second-order valence-electron chi connectivity index (χ2n) is 4.49. The van der Waals surface area contributed by atoms with Gasteiger partial charge in [0.25, 0.3) is 0 Å². The first kappa shape index (κ1) is 15.1. The Kier molecular flexibility index (Phi) is 5.26. The molecule has 2 aromatic rings. The van der Waals surface area contributed by atoms with E-state index in [-0.39, 0.29) is 5.38 Å². The van der Waals surface area contributed by atoms with Gasteiger partial charge in [-0.25, -0.2) is 4.98 Å². The van der Waals surface area contributed by atoms with E-state index in [9.17, 15) is 0 Å². The summed E-state index contributed by atoms with van der Waals surface area (Å²) in [5.41, 5.74) is 1.91. The molecule has 0 radical (unpaired) electrons. The molecule has 20 heavy (non-hydrogen) atoms. The Balaban J connectivity index is 2.46. The van der Waals surface area contributed by atoms with E-state index >= 15 is 0 Å². The van der Waals surface area contributed by atoms with Gasteiger partial charge in [-0.05, 0) is 32.9 Å². The molecular weight excluding hydrogens is 276 g/mol. The van der Waals surface area contributed by atoms with Gasteiger partial charge in [0.1, 0.15) is 17.1 Å². The predicted octanol–water partition coefficient (Wildman–Crippen LogP) is 3.77. The van der Waals surface area contributed by atoms with Crippen LogP contribution in [0.4, 0.5) is 0 Å². The molecule has 0 saturated heterocycles. The molecule has 0 saturated carbocycles. The van der Waals surface area contributed by atoms with Crippen LogP contribution in [0.15, 0.2) is 18.2 Å². The van der Waals surface area contributed by atoms with Crippen molar-refractivity contribution in [3.63, 3.8) is 0 Å². The monoisotopic (exact) mass is 296 g/mol. The lowest BCUT2D eigenvalue weighted by molar-refractivity contribution is 0.139. The number of ether oxygens (including phenoxy) is 2. The molecule has 1 heterocycles. The first-order chi connectivity index (χ1) is 9.69. The summed E-state index contributed by atoms with van der Waals surface area (Å²) in [5.74, 6) is 1.66. The highest BCUT2D eigenvalue weighted by Gasteiger charge is 2.17. The van der Waals surface area contributed by atoms with E-state index < -0.39 is 0 Å². The van der Waals surface area contributed by atoms with Gasteiger partial charge in [-0.3, -0.25) is 0 Å². The number of hydrogen-bond acceptors (Lipinski definition) is 3. The zero-order chi connectivity index (χ0) is 14.5. The van der Waals surface area contributed by atoms with Gasteiger partial charge < -0.3 is 14.0 Å². The number of nitrogens with zero attached hydrogens (tertiary/aromatic N) is 2. The molecule has 2 rings (SSSR count). The molecule has 1 atom stereocenters. The molecule has 110 valence electrons. The molecule has 0 aliphatic rings. The van der Waals surface area contributed by atoms with Crippen LogP contribution < -0.4 is 4.74 Å². The average molecular weight is 297 g/mol. The number of para-hydroxylation sites is 1. The molecule has 0 aliphatic carbocycles. The summed E-state index contributed by atoms with van der Waals surface area (Å²) in [6, 6.07) is 5.96.